The highest BCUT2D eigenvalue weighted by molar-refractivity contribution is 5.77. The predicted molar refractivity (Wildman–Crippen MR) is 59.8 cm³/mol. The monoisotopic (exact) mass is 182 g/mol. The van der Waals surface area contributed by atoms with Crippen LogP contribution in [-0.4, -0.2) is 6.29 Å². The van der Waals surface area contributed by atoms with Crippen molar-refractivity contribution in [2.24, 2.45) is 0 Å². The molecule has 0 saturated carbocycles. The van der Waals surface area contributed by atoms with Crippen LogP contribution in [0.2, 0.25) is 0 Å². The van der Waals surface area contributed by atoms with Gasteiger partial charge in [-0.05, 0) is 12.8 Å². The van der Waals surface area contributed by atoms with Gasteiger partial charge in [0.2, 0.25) is 0 Å². The van der Waals surface area contributed by atoms with Gasteiger partial charge in [-0.15, -0.1) is 0 Å². The molecule has 0 aromatic rings. The van der Waals surface area contributed by atoms with Crippen molar-refractivity contribution in [3.05, 3.63) is 23.8 Å². The lowest BCUT2D eigenvalue weighted by molar-refractivity contribution is -0.104. The number of carbonyl (C=O) groups is 1. The number of carbonyl (C=O) groups excluding carboxylic acids is 1. The zero-order valence-electron chi connectivity index (χ0n) is 9.34. The van der Waals surface area contributed by atoms with Crippen molar-refractivity contribution in [1.82, 2.24) is 0 Å². The molecule has 1 heteroatoms. The fourth-order valence-corrected chi connectivity index (χ4v) is 0.720. The van der Waals surface area contributed by atoms with Crippen LogP contribution in [-0.2, 0) is 4.79 Å². The largest absolute Gasteiger partial charge is 0.298 e. The molecule has 0 bridgehead atoms. The first-order valence-electron chi connectivity index (χ1n) is 5.17. The molecule has 0 heterocycles. The highest BCUT2D eigenvalue weighted by atomic mass is 16.1. The highest BCUT2D eigenvalue weighted by Gasteiger charge is 1.85. The van der Waals surface area contributed by atoms with Gasteiger partial charge in [-0.3, -0.25) is 4.79 Å². The Morgan fingerprint density at radius 3 is 2.23 bits per heavy atom. The van der Waals surface area contributed by atoms with Crippen molar-refractivity contribution >= 4 is 6.29 Å². The van der Waals surface area contributed by atoms with E-state index in [9.17, 15) is 4.79 Å². The van der Waals surface area contributed by atoms with Gasteiger partial charge in [-0.2, -0.15) is 0 Å². The molecule has 0 aliphatic rings. The average molecular weight is 182 g/mol. The van der Waals surface area contributed by atoms with Gasteiger partial charge in [0, 0.05) is 5.57 Å². The number of hydrogen-bond donors (Lipinski definition) is 0. The van der Waals surface area contributed by atoms with Crippen LogP contribution < -0.4 is 0 Å². The molecule has 0 radical (unpaired) electrons. The first-order chi connectivity index (χ1) is 6.35. The summed E-state index contributed by atoms with van der Waals surface area (Å²) in [4.78, 5) is 10.4. The Labute approximate surface area is 82.5 Å². The maximum atomic E-state index is 10.4. The van der Waals surface area contributed by atoms with E-state index in [4.69, 9.17) is 0 Å². The molecule has 0 unspecified atom stereocenters. The average Bonchev–Trinajstić information content (AvgIpc) is 2.21. The second-order valence-electron chi connectivity index (χ2n) is 2.42. The third kappa shape index (κ3) is 11.1. The van der Waals surface area contributed by atoms with Crippen molar-refractivity contribution in [2.75, 3.05) is 0 Å². The molecule has 76 valence electrons. The molecule has 0 amide bonds. The molecule has 0 aromatic carbocycles. The van der Waals surface area contributed by atoms with Gasteiger partial charge in [-0.1, -0.05) is 52.3 Å². The Balaban J connectivity index is 0. The minimum absolute atomic E-state index is 0.800. The fraction of sp³-hybridized carbons (Fsp3) is 0.583. The summed E-state index contributed by atoms with van der Waals surface area (Å²) in [5, 5.41) is 0. The van der Waals surface area contributed by atoms with Gasteiger partial charge in [0.1, 0.15) is 6.29 Å². The van der Waals surface area contributed by atoms with Crippen molar-refractivity contribution < 1.29 is 4.79 Å². The summed E-state index contributed by atoms with van der Waals surface area (Å²) in [6.07, 6.45) is 9.82. The van der Waals surface area contributed by atoms with E-state index in [0.29, 0.717) is 0 Å². The second kappa shape index (κ2) is 13.7. The normalized spacial score (nSPS) is 10.9. The van der Waals surface area contributed by atoms with E-state index in [2.05, 4.69) is 13.8 Å². The highest BCUT2D eigenvalue weighted by Crippen LogP contribution is 1.98. The Hall–Kier alpha value is -0.850. The van der Waals surface area contributed by atoms with Crippen LogP contribution >= 0.6 is 0 Å². The number of aldehydes is 1. The number of rotatable bonds is 5. The van der Waals surface area contributed by atoms with Gasteiger partial charge in [0.05, 0.1) is 0 Å². The van der Waals surface area contributed by atoms with E-state index >= 15 is 0 Å². The molecule has 0 aliphatic heterocycles. The van der Waals surface area contributed by atoms with Crippen molar-refractivity contribution in [1.29, 1.82) is 0 Å². The molecule has 0 aliphatic carbocycles. The predicted octanol–water partition coefficient (Wildman–Crippen LogP) is 3.90. The molecular formula is C12H22O. The Morgan fingerprint density at radius 1 is 1.23 bits per heavy atom. The summed E-state index contributed by atoms with van der Waals surface area (Å²) in [6, 6.07) is 0. The fourth-order valence-electron chi connectivity index (χ4n) is 0.720. The molecule has 0 saturated heterocycles. The maximum absolute atomic E-state index is 10.4. The van der Waals surface area contributed by atoms with Gasteiger partial charge in [0.15, 0.2) is 0 Å². The van der Waals surface area contributed by atoms with E-state index < -0.39 is 0 Å². The Kier molecular flexibility index (Phi) is 15.5. The Morgan fingerprint density at radius 2 is 1.85 bits per heavy atom. The van der Waals surface area contributed by atoms with Gasteiger partial charge >= 0.3 is 0 Å². The van der Waals surface area contributed by atoms with Crippen molar-refractivity contribution in [3.8, 4) is 0 Å². The van der Waals surface area contributed by atoms with Crippen LogP contribution in [0.4, 0.5) is 0 Å². The molecule has 1 nitrogen and oxygen atoms in total. The summed E-state index contributed by atoms with van der Waals surface area (Å²) in [7, 11) is 0. The molecule has 0 spiro atoms. The second-order valence-corrected chi connectivity index (χ2v) is 2.42. The van der Waals surface area contributed by atoms with Crippen molar-refractivity contribution in [3.63, 3.8) is 0 Å². The third-order valence-corrected chi connectivity index (χ3v) is 1.35. The lowest BCUT2D eigenvalue weighted by Crippen LogP contribution is -1.78. The van der Waals surface area contributed by atoms with Gasteiger partial charge < -0.3 is 0 Å². The molecule has 0 fully saturated rings. The summed E-state index contributed by atoms with van der Waals surface area (Å²) < 4.78 is 0. The van der Waals surface area contributed by atoms with Crippen LogP contribution in [0.25, 0.3) is 0 Å². The van der Waals surface area contributed by atoms with E-state index in [0.717, 1.165) is 31.1 Å². The van der Waals surface area contributed by atoms with Gasteiger partial charge in [0.25, 0.3) is 0 Å². The SMILES string of the molecule is CC.CC/C=C\C(C=O)=C/CCC. The molecule has 0 N–H and O–H groups in total. The molecule has 0 aromatic heterocycles. The summed E-state index contributed by atoms with van der Waals surface area (Å²) in [6.45, 7) is 8.15. The number of unbranched alkanes of at least 4 members (excludes halogenated alkanes) is 1. The van der Waals surface area contributed by atoms with E-state index in [1.54, 1.807) is 0 Å². The third-order valence-electron chi connectivity index (χ3n) is 1.35. The molecule has 0 rings (SSSR count). The first kappa shape index (κ1) is 14.7. The summed E-state index contributed by atoms with van der Waals surface area (Å²) >= 11 is 0. The van der Waals surface area contributed by atoms with E-state index in [-0.39, 0.29) is 0 Å². The lowest BCUT2D eigenvalue weighted by Gasteiger charge is -1.88. The molecular weight excluding hydrogens is 160 g/mol. The van der Waals surface area contributed by atoms with Crippen LogP contribution in [0.5, 0.6) is 0 Å². The van der Waals surface area contributed by atoms with Crippen LogP contribution in [0.15, 0.2) is 23.8 Å². The standard InChI is InChI=1S/C10H16O.C2H6/c1-3-5-7-10(9-11)8-6-4-2;1-2/h5,7-9H,3-4,6H2,1-2H3;1-2H3/b7-5-,10-8+;. The van der Waals surface area contributed by atoms with E-state index in [1.807, 2.05) is 32.1 Å². The number of allylic oxidation sites excluding steroid dienone is 4. The number of hydrogen-bond acceptors (Lipinski definition) is 1. The minimum Gasteiger partial charge on any atom is -0.298 e. The smallest absolute Gasteiger partial charge is 0.149 e. The Bertz CT molecular complexity index is 155. The maximum Gasteiger partial charge on any atom is 0.149 e. The van der Waals surface area contributed by atoms with E-state index in [1.165, 1.54) is 0 Å². The first-order valence-corrected chi connectivity index (χ1v) is 5.17. The van der Waals surface area contributed by atoms with Crippen molar-refractivity contribution in [2.45, 2.75) is 47.0 Å². The van der Waals surface area contributed by atoms with Crippen LogP contribution in [0.3, 0.4) is 0 Å². The minimum atomic E-state index is 0.800. The summed E-state index contributed by atoms with van der Waals surface area (Å²) in [5.74, 6) is 0. The summed E-state index contributed by atoms with van der Waals surface area (Å²) in [5.41, 5.74) is 0.800. The zero-order chi connectivity index (χ0) is 10.5. The molecule has 13 heavy (non-hydrogen) atoms. The van der Waals surface area contributed by atoms with Crippen LogP contribution in [0.1, 0.15) is 47.0 Å². The van der Waals surface area contributed by atoms with Crippen LogP contribution in [0, 0.1) is 0 Å². The quantitative estimate of drug-likeness (QED) is 0.358. The topological polar surface area (TPSA) is 17.1 Å². The lowest BCUT2D eigenvalue weighted by atomic mass is 10.2. The zero-order valence-corrected chi connectivity index (χ0v) is 9.34. The molecule has 0 atom stereocenters. The van der Waals surface area contributed by atoms with Gasteiger partial charge in [-0.25, -0.2) is 0 Å².